The highest BCUT2D eigenvalue weighted by Gasteiger charge is 2.35. The van der Waals surface area contributed by atoms with E-state index in [1.807, 2.05) is 37.3 Å². The van der Waals surface area contributed by atoms with Gasteiger partial charge in [-0.25, -0.2) is 9.63 Å². The average molecular weight is 319 g/mol. The van der Waals surface area contributed by atoms with E-state index in [-0.39, 0.29) is 19.4 Å². The zero-order valence-corrected chi connectivity index (χ0v) is 13.2. The molecular formula is C17H21NO5. The maximum atomic E-state index is 12.2. The first kappa shape index (κ1) is 17.1. The second-order valence-corrected chi connectivity index (χ2v) is 5.41. The van der Waals surface area contributed by atoms with Crippen molar-refractivity contribution in [3.63, 3.8) is 0 Å². The largest absolute Gasteiger partial charge is 0.459 e. The quantitative estimate of drug-likeness (QED) is 0.543. The Morgan fingerprint density at radius 2 is 1.83 bits per heavy atom. The van der Waals surface area contributed by atoms with Crippen molar-refractivity contribution >= 4 is 17.8 Å². The fraction of sp³-hybridized carbons (Fsp3) is 0.471. The zero-order valence-electron chi connectivity index (χ0n) is 13.2. The van der Waals surface area contributed by atoms with E-state index in [0.717, 1.165) is 18.4 Å². The molecule has 124 valence electrons. The van der Waals surface area contributed by atoms with Gasteiger partial charge in [-0.3, -0.25) is 9.59 Å². The summed E-state index contributed by atoms with van der Waals surface area (Å²) < 4.78 is 5.25. The standard InChI is InChI=1S/C17H21NO5/c1-2-3-9-14(23-18-15(19)10-11-16(18)20)17(21)22-12-13-7-5-4-6-8-13/h4-8,14H,2-3,9-12H2,1H3. The van der Waals surface area contributed by atoms with Gasteiger partial charge in [0.1, 0.15) is 6.61 Å². The molecule has 1 unspecified atom stereocenters. The molecule has 0 aliphatic carbocycles. The van der Waals surface area contributed by atoms with Gasteiger partial charge in [0.2, 0.25) is 0 Å². The van der Waals surface area contributed by atoms with Crippen LogP contribution in [0, 0.1) is 0 Å². The number of ether oxygens (including phenoxy) is 1. The Kier molecular flexibility index (Phi) is 6.29. The van der Waals surface area contributed by atoms with Crippen molar-refractivity contribution in [2.24, 2.45) is 0 Å². The fourth-order valence-electron chi connectivity index (χ4n) is 2.23. The molecule has 0 bridgehead atoms. The Morgan fingerprint density at radius 1 is 1.17 bits per heavy atom. The van der Waals surface area contributed by atoms with Crippen molar-refractivity contribution < 1.29 is 24.0 Å². The predicted octanol–water partition coefficient (Wildman–Crippen LogP) is 2.37. The molecule has 2 amide bonds. The molecule has 1 fully saturated rings. The molecule has 1 aliphatic heterocycles. The van der Waals surface area contributed by atoms with Gasteiger partial charge in [0.25, 0.3) is 11.8 Å². The van der Waals surface area contributed by atoms with E-state index < -0.39 is 23.9 Å². The third-order valence-electron chi connectivity index (χ3n) is 3.55. The summed E-state index contributed by atoms with van der Waals surface area (Å²) >= 11 is 0. The van der Waals surface area contributed by atoms with Gasteiger partial charge in [0.05, 0.1) is 0 Å². The third kappa shape index (κ3) is 4.89. The maximum absolute atomic E-state index is 12.2. The van der Waals surface area contributed by atoms with Gasteiger partial charge in [0.15, 0.2) is 6.10 Å². The topological polar surface area (TPSA) is 72.9 Å². The number of imide groups is 1. The van der Waals surface area contributed by atoms with Crippen LogP contribution in [0.15, 0.2) is 30.3 Å². The summed E-state index contributed by atoms with van der Waals surface area (Å²) in [6, 6.07) is 9.29. The van der Waals surface area contributed by atoms with Crippen molar-refractivity contribution in [1.82, 2.24) is 5.06 Å². The number of hydrogen-bond acceptors (Lipinski definition) is 5. The Balaban J connectivity index is 1.94. The Labute approximate surface area is 135 Å². The van der Waals surface area contributed by atoms with Gasteiger partial charge >= 0.3 is 5.97 Å². The van der Waals surface area contributed by atoms with Gasteiger partial charge in [-0.1, -0.05) is 50.1 Å². The molecular weight excluding hydrogens is 298 g/mol. The maximum Gasteiger partial charge on any atom is 0.338 e. The van der Waals surface area contributed by atoms with Crippen molar-refractivity contribution in [3.05, 3.63) is 35.9 Å². The molecule has 1 atom stereocenters. The molecule has 1 aromatic rings. The van der Waals surface area contributed by atoms with E-state index in [0.29, 0.717) is 11.5 Å². The van der Waals surface area contributed by atoms with Gasteiger partial charge in [-0.15, -0.1) is 0 Å². The third-order valence-corrected chi connectivity index (χ3v) is 3.55. The number of carbonyl (C=O) groups excluding carboxylic acids is 3. The number of unbranched alkanes of at least 4 members (excludes halogenated alkanes) is 1. The molecule has 6 nitrogen and oxygen atoms in total. The molecule has 0 spiro atoms. The highest BCUT2D eigenvalue weighted by Crippen LogP contribution is 2.17. The van der Waals surface area contributed by atoms with E-state index in [9.17, 15) is 14.4 Å². The van der Waals surface area contributed by atoms with E-state index >= 15 is 0 Å². The molecule has 0 aromatic heterocycles. The van der Waals surface area contributed by atoms with Gasteiger partial charge in [-0.2, -0.15) is 5.06 Å². The van der Waals surface area contributed by atoms with Crippen LogP contribution in [0.4, 0.5) is 0 Å². The van der Waals surface area contributed by atoms with Crippen LogP contribution in [0.1, 0.15) is 44.6 Å². The summed E-state index contributed by atoms with van der Waals surface area (Å²) in [5, 5.41) is 0.712. The lowest BCUT2D eigenvalue weighted by molar-refractivity contribution is -0.211. The smallest absolute Gasteiger partial charge is 0.338 e. The SMILES string of the molecule is CCCCC(ON1C(=O)CCC1=O)C(=O)OCc1ccccc1. The molecule has 2 rings (SSSR count). The van der Waals surface area contributed by atoms with Crippen LogP contribution in [0.2, 0.25) is 0 Å². The molecule has 1 aromatic carbocycles. The van der Waals surface area contributed by atoms with Gasteiger partial charge in [-0.05, 0) is 12.0 Å². The summed E-state index contributed by atoms with van der Waals surface area (Å²) in [5.41, 5.74) is 0.864. The summed E-state index contributed by atoms with van der Waals surface area (Å²) in [6.07, 6.45) is 1.32. The lowest BCUT2D eigenvalue weighted by Crippen LogP contribution is -2.38. The highest BCUT2D eigenvalue weighted by molar-refractivity contribution is 6.00. The molecule has 0 radical (unpaired) electrons. The first-order valence-corrected chi connectivity index (χ1v) is 7.85. The second-order valence-electron chi connectivity index (χ2n) is 5.41. The van der Waals surface area contributed by atoms with E-state index in [1.54, 1.807) is 0 Å². The molecule has 0 N–H and O–H groups in total. The van der Waals surface area contributed by atoms with Crippen LogP contribution in [0.3, 0.4) is 0 Å². The van der Waals surface area contributed by atoms with Crippen LogP contribution in [-0.2, 0) is 30.6 Å². The number of hydroxylamine groups is 2. The van der Waals surface area contributed by atoms with Crippen LogP contribution in [0.25, 0.3) is 0 Å². The summed E-state index contributed by atoms with van der Waals surface area (Å²) in [7, 11) is 0. The number of esters is 1. The van der Waals surface area contributed by atoms with Crippen LogP contribution < -0.4 is 0 Å². The van der Waals surface area contributed by atoms with Crippen LogP contribution >= 0.6 is 0 Å². The van der Waals surface area contributed by atoms with Crippen molar-refractivity contribution in [1.29, 1.82) is 0 Å². The minimum Gasteiger partial charge on any atom is -0.459 e. The van der Waals surface area contributed by atoms with E-state index in [4.69, 9.17) is 9.57 Å². The van der Waals surface area contributed by atoms with Gasteiger partial charge < -0.3 is 4.74 Å². The number of nitrogens with zero attached hydrogens (tertiary/aromatic N) is 1. The Hall–Kier alpha value is -2.21. The van der Waals surface area contributed by atoms with Crippen molar-refractivity contribution in [3.8, 4) is 0 Å². The number of amides is 2. The fourth-order valence-corrected chi connectivity index (χ4v) is 2.23. The monoisotopic (exact) mass is 319 g/mol. The lowest BCUT2D eigenvalue weighted by atomic mass is 10.1. The summed E-state index contributed by atoms with van der Waals surface area (Å²) in [5.74, 6) is -1.38. The minimum atomic E-state index is -0.940. The second kappa shape index (κ2) is 8.43. The molecule has 23 heavy (non-hydrogen) atoms. The molecule has 0 saturated carbocycles. The predicted molar refractivity (Wildman–Crippen MR) is 81.7 cm³/mol. The zero-order chi connectivity index (χ0) is 16.7. The summed E-state index contributed by atoms with van der Waals surface area (Å²) in [6.45, 7) is 2.12. The number of carbonyl (C=O) groups is 3. The minimum absolute atomic E-state index is 0.123. The normalized spacial score (nSPS) is 15.8. The van der Waals surface area contributed by atoms with Gasteiger partial charge in [0, 0.05) is 12.8 Å². The first-order chi connectivity index (χ1) is 11.1. The number of benzene rings is 1. The molecule has 1 aliphatic rings. The van der Waals surface area contributed by atoms with Crippen LogP contribution in [0.5, 0.6) is 0 Å². The van der Waals surface area contributed by atoms with Crippen LogP contribution in [-0.4, -0.2) is 29.0 Å². The first-order valence-electron chi connectivity index (χ1n) is 7.85. The Bertz CT molecular complexity index is 541. The molecule has 6 heteroatoms. The van der Waals surface area contributed by atoms with Crippen molar-refractivity contribution in [2.45, 2.75) is 51.7 Å². The summed E-state index contributed by atoms with van der Waals surface area (Å²) in [4.78, 5) is 40.8. The number of hydrogen-bond donors (Lipinski definition) is 0. The molecule has 1 saturated heterocycles. The lowest BCUT2D eigenvalue weighted by Gasteiger charge is -2.21. The van der Waals surface area contributed by atoms with E-state index in [2.05, 4.69) is 0 Å². The van der Waals surface area contributed by atoms with E-state index in [1.165, 1.54) is 0 Å². The van der Waals surface area contributed by atoms with Crippen molar-refractivity contribution in [2.75, 3.05) is 0 Å². The highest BCUT2D eigenvalue weighted by atomic mass is 16.7. The number of rotatable bonds is 8. The Morgan fingerprint density at radius 3 is 2.43 bits per heavy atom. The molecule has 1 heterocycles. The average Bonchev–Trinajstić information content (AvgIpc) is 2.88.